The fourth-order valence-electron chi connectivity index (χ4n) is 0.446. The molecule has 1 aromatic heterocycles. The Morgan fingerprint density at radius 1 is 1.30 bits per heavy atom. The Bertz CT molecular complexity index is 284. The van der Waals surface area contributed by atoms with Crippen LogP contribution in [-0.4, -0.2) is 9.97 Å². The first kappa shape index (κ1) is 8.44. The lowest BCUT2D eigenvalue weighted by molar-refractivity contribution is -0.275. The molecule has 0 bridgehead atoms. The topological polar surface area (TPSA) is 125 Å². The van der Waals surface area contributed by atoms with Crippen LogP contribution in [0.5, 0.6) is 5.88 Å². The van der Waals surface area contributed by atoms with Crippen LogP contribution in [0.1, 0.15) is 0 Å². The van der Waals surface area contributed by atoms with Crippen molar-refractivity contribution in [1.82, 2.24) is 16.1 Å². The predicted octanol–water partition coefficient (Wildman–Crippen LogP) is -1.49. The zero-order valence-corrected chi connectivity index (χ0v) is 5.30. The van der Waals surface area contributed by atoms with Crippen molar-refractivity contribution >= 4 is 0 Å². The van der Waals surface area contributed by atoms with Gasteiger partial charge in [-0.2, -0.15) is 0 Å². The molecule has 0 aliphatic rings. The van der Waals surface area contributed by atoms with Gasteiger partial charge in [0.1, 0.15) is 0 Å². The molecular formula is C4H7N3O3. The van der Waals surface area contributed by atoms with Gasteiger partial charge in [0.2, 0.25) is 0 Å². The average Bonchev–Trinajstić information content (AvgIpc) is 1.59. The van der Waals surface area contributed by atoms with Crippen LogP contribution in [0.4, 0.5) is 0 Å². The van der Waals surface area contributed by atoms with E-state index in [-0.39, 0.29) is 6.15 Å². The van der Waals surface area contributed by atoms with Crippen LogP contribution in [0, 0.1) is 0 Å². The van der Waals surface area contributed by atoms with Gasteiger partial charge in [-0.1, -0.05) is 0 Å². The molecule has 0 unspecified atom stereocenters. The summed E-state index contributed by atoms with van der Waals surface area (Å²) in [6.07, 6.45) is 0. The van der Waals surface area contributed by atoms with E-state index in [0.717, 1.165) is 6.07 Å². The normalized spacial score (nSPS) is 8.40. The number of quaternary nitrogens is 1. The SMILES string of the molecule is O=c1cc([O-])[nH]c(=O)[nH]1.[NH4+]. The van der Waals surface area contributed by atoms with Crippen LogP contribution < -0.4 is 22.5 Å². The molecule has 0 saturated carbocycles. The summed E-state index contributed by atoms with van der Waals surface area (Å²) in [6.45, 7) is 0. The highest BCUT2D eigenvalue weighted by molar-refractivity contribution is 4.99. The predicted molar refractivity (Wildman–Crippen MR) is 33.1 cm³/mol. The molecule has 1 rings (SSSR count). The number of rotatable bonds is 0. The van der Waals surface area contributed by atoms with Crippen molar-refractivity contribution in [2.45, 2.75) is 0 Å². The van der Waals surface area contributed by atoms with Crippen molar-refractivity contribution in [2.24, 2.45) is 0 Å². The van der Waals surface area contributed by atoms with Gasteiger partial charge in [-0.25, -0.2) is 4.79 Å². The third-order valence-corrected chi connectivity index (χ3v) is 0.736. The smallest absolute Gasteiger partial charge is 0.325 e. The molecule has 0 radical (unpaired) electrons. The molecule has 6 N–H and O–H groups in total. The van der Waals surface area contributed by atoms with Crippen LogP contribution in [0.2, 0.25) is 0 Å². The minimum Gasteiger partial charge on any atom is -0.860 e. The highest BCUT2D eigenvalue weighted by Crippen LogP contribution is 1.80. The lowest BCUT2D eigenvalue weighted by Gasteiger charge is -1.98. The van der Waals surface area contributed by atoms with Gasteiger partial charge < -0.3 is 16.2 Å². The van der Waals surface area contributed by atoms with E-state index in [0.29, 0.717) is 0 Å². The molecule has 56 valence electrons. The monoisotopic (exact) mass is 145 g/mol. The van der Waals surface area contributed by atoms with Crippen LogP contribution in [0.15, 0.2) is 15.7 Å². The number of nitrogens with one attached hydrogen (secondary N) is 2. The molecule has 0 saturated heterocycles. The molecule has 1 aromatic rings. The standard InChI is InChI=1S/C4H4N2O3.H3N/c7-2-1-3(8)6-4(9)5-2;/h1H,(H3,5,6,7,8,9);1H3. The van der Waals surface area contributed by atoms with Gasteiger partial charge in [0.15, 0.2) is 0 Å². The summed E-state index contributed by atoms with van der Waals surface area (Å²) in [4.78, 5) is 24.1. The number of aromatic amines is 2. The second-order valence-electron chi connectivity index (χ2n) is 1.45. The Kier molecular flexibility index (Phi) is 2.39. The molecule has 0 atom stereocenters. The largest absolute Gasteiger partial charge is 0.860 e. The van der Waals surface area contributed by atoms with E-state index in [1.165, 1.54) is 0 Å². The summed E-state index contributed by atoms with van der Waals surface area (Å²) in [5, 5.41) is 10.2. The molecule has 0 aliphatic heterocycles. The maximum absolute atomic E-state index is 10.2. The number of aromatic nitrogens is 2. The molecule has 6 nitrogen and oxygen atoms in total. The van der Waals surface area contributed by atoms with Crippen molar-refractivity contribution in [2.75, 3.05) is 0 Å². The number of hydrogen-bond donors (Lipinski definition) is 3. The maximum Gasteiger partial charge on any atom is 0.325 e. The molecule has 0 fully saturated rings. The molecule has 0 spiro atoms. The van der Waals surface area contributed by atoms with E-state index in [9.17, 15) is 14.7 Å². The summed E-state index contributed by atoms with van der Waals surface area (Å²) >= 11 is 0. The third kappa shape index (κ3) is 1.75. The summed E-state index contributed by atoms with van der Waals surface area (Å²) in [7, 11) is 0. The van der Waals surface area contributed by atoms with Crippen molar-refractivity contribution < 1.29 is 5.11 Å². The lowest BCUT2D eigenvalue weighted by Crippen LogP contribution is -2.22. The van der Waals surface area contributed by atoms with Crippen molar-refractivity contribution in [3.8, 4) is 5.88 Å². The van der Waals surface area contributed by atoms with Gasteiger partial charge in [-0.15, -0.1) is 0 Å². The Hall–Kier alpha value is -1.56. The van der Waals surface area contributed by atoms with Gasteiger partial charge >= 0.3 is 5.69 Å². The summed E-state index contributed by atoms with van der Waals surface area (Å²) in [5.41, 5.74) is -1.45. The number of H-pyrrole nitrogens is 2. The maximum atomic E-state index is 10.2. The highest BCUT2D eigenvalue weighted by Gasteiger charge is 1.81. The van der Waals surface area contributed by atoms with Crippen LogP contribution in [0.25, 0.3) is 0 Å². The van der Waals surface area contributed by atoms with E-state index in [4.69, 9.17) is 0 Å². The van der Waals surface area contributed by atoms with Gasteiger partial charge in [0.25, 0.3) is 5.56 Å². The minimum atomic E-state index is -0.771. The van der Waals surface area contributed by atoms with Crippen molar-refractivity contribution in [3.05, 3.63) is 26.9 Å². The number of hydrogen-bond acceptors (Lipinski definition) is 3. The zero-order valence-electron chi connectivity index (χ0n) is 5.30. The van der Waals surface area contributed by atoms with Gasteiger partial charge in [0, 0.05) is 6.07 Å². The lowest BCUT2D eigenvalue weighted by atomic mass is 10.6. The van der Waals surface area contributed by atoms with Gasteiger partial charge in [-0.3, -0.25) is 9.78 Å². The summed E-state index contributed by atoms with van der Waals surface area (Å²) in [6, 6.07) is 0.765. The second-order valence-corrected chi connectivity index (χ2v) is 1.45. The molecular weight excluding hydrogens is 138 g/mol. The second kappa shape index (κ2) is 2.83. The summed E-state index contributed by atoms with van der Waals surface area (Å²) < 4.78 is 0. The van der Waals surface area contributed by atoms with Gasteiger partial charge in [0.05, 0.1) is 0 Å². The first-order chi connectivity index (χ1) is 4.18. The first-order valence-electron chi connectivity index (χ1n) is 2.19. The van der Waals surface area contributed by atoms with E-state index in [1.54, 1.807) is 0 Å². The Morgan fingerprint density at radius 3 is 2.30 bits per heavy atom. The van der Waals surface area contributed by atoms with Crippen LogP contribution in [-0.2, 0) is 0 Å². The first-order valence-corrected chi connectivity index (χ1v) is 2.19. The molecule has 6 heteroatoms. The molecule has 0 amide bonds. The van der Waals surface area contributed by atoms with Gasteiger partial charge in [-0.05, 0) is 5.88 Å². The van der Waals surface area contributed by atoms with Crippen molar-refractivity contribution in [3.63, 3.8) is 0 Å². The molecule has 0 aliphatic carbocycles. The Labute approximate surface area is 55.1 Å². The molecule has 1 heterocycles. The Balaban J connectivity index is 0.000000810. The van der Waals surface area contributed by atoms with E-state index < -0.39 is 17.1 Å². The third-order valence-electron chi connectivity index (χ3n) is 0.736. The minimum absolute atomic E-state index is 0. The van der Waals surface area contributed by atoms with Crippen LogP contribution in [0.3, 0.4) is 0 Å². The fraction of sp³-hybridized carbons (Fsp3) is 0. The van der Waals surface area contributed by atoms with Crippen molar-refractivity contribution in [1.29, 1.82) is 0 Å². The van der Waals surface area contributed by atoms with E-state index >= 15 is 0 Å². The average molecular weight is 145 g/mol. The molecule has 10 heavy (non-hydrogen) atoms. The van der Waals surface area contributed by atoms with Crippen LogP contribution >= 0.6 is 0 Å². The quantitative estimate of drug-likeness (QED) is 0.411. The van der Waals surface area contributed by atoms with E-state index in [1.807, 2.05) is 9.97 Å². The fourth-order valence-corrected chi connectivity index (χ4v) is 0.446. The van der Waals surface area contributed by atoms with E-state index in [2.05, 4.69) is 0 Å². The summed E-state index contributed by atoms with van der Waals surface area (Å²) in [5.74, 6) is -0.677. The Morgan fingerprint density at radius 2 is 1.90 bits per heavy atom. The zero-order chi connectivity index (χ0) is 6.85. The highest BCUT2D eigenvalue weighted by atomic mass is 16.3. The molecule has 0 aromatic carbocycles.